The normalized spacial score (nSPS) is 18.5. The molecule has 0 aliphatic carbocycles. The third-order valence-corrected chi connectivity index (χ3v) is 5.78. The van der Waals surface area contributed by atoms with E-state index in [1.165, 1.54) is 0 Å². The predicted octanol–water partition coefficient (Wildman–Crippen LogP) is 1.70. The minimum Gasteiger partial charge on any atom is -0.454 e. The van der Waals surface area contributed by atoms with E-state index < -0.39 is 0 Å². The molecule has 152 valence electrons. The molecule has 8 nitrogen and oxygen atoms in total. The van der Waals surface area contributed by atoms with Crippen molar-refractivity contribution < 1.29 is 19.0 Å². The SMILES string of the molecule is COC1CCN(c2nc(Cc3ccc4c(c3)OCO4)nc3c2CCNC3=O)CC1. The van der Waals surface area contributed by atoms with Crippen molar-refractivity contribution in [2.24, 2.45) is 0 Å². The lowest BCUT2D eigenvalue weighted by atomic mass is 10.0. The number of rotatable bonds is 4. The average molecular weight is 396 g/mol. The van der Waals surface area contributed by atoms with Gasteiger partial charge in [-0.3, -0.25) is 4.79 Å². The second kappa shape index (κ2) is 7.51. The van der Waals surface area contributed by atoms with Crippen LogP contribution in [0, 0.1) is 0 Å². The number of benzene rings is 1. The molecule has 0 spiro atoms. The van der Waals surface area contributed by atoms with Gasteiger partial charge in [0.15, 0.2) is 11.5 Å². The van der Waals surface area contributed by atoms with Gasteiger partial charge >= 0.3 is 0 Å². The van der Waals surface area contributed by atoms with E-state index in [0.29, 0.717) is 30.6 Å². The number of nitrogens with one attached hydrogen (secondary N) is 1. The third kappa shape index (κ3) is 3.48. The number of carbonyl (C=O) groups is 1. The summed E-state index contributed by atoms with van der Waals surface area (Å²) in [5.41, 5.74) is 2.49. The van der Waals surface area contributed by atoms with E-state index in [-0.39, 0.29) is 12.7 Å². The Morgan fingerprint density at radius 1 is 1.21 bits per heavy atom. The molecule has 0 saturated carbocycles. The molecule has 5 rings (SSSR count). The van der Waals surface area contributed by atoms with Crippen LogP contribution in [0.5, 0.6) is 11.5 Å². The minimum atomic E-state index is -0.117. The second-order valence-electron chi connectivity index (χ2n) is 7.58. The molecule has 4 heterocycles. The van der Waals surface area contributed by atoms with Gasteiger partial charge in [-0.25, -0.2) is 9.97 Å². The van der Waals surface area contributed by atoms with E-state index in [9.17, 15) is 4.79 Å². The first-order valence-corrected chi connectivity index (χ1v) is 10.1. The standard InChI is InChI=1S/C21H24N4O4/c1-27-14-5-8-25(9-6-14)20-15-4-7-22-21(26)19(15)23-18(24-20)11-13-2-3-16-17(10-13)29-12-28-16/h2-3,10,14H,4-9,11-12H2,1H3,(H,22,26). The maximum atomic E-state index is 12.5. The second-order valence-corrected chi connectivity index (χ2v) is 7.58. The monoisotopic (exact) mass is 396 g/mol. The van der Waals surface area contributed by atoms with E-state index >= 15 is 0 Å². The topological polar surface area (TPSA) is 85.8 Å². The van der Waals surface area contributed by atoms with Gasteiger partial charge < -0.3 is 24.4 Å². The van der Waals surface area contributed by atoms with Gasteiger partial charge in [0.25, 0.3) is 5.91 Å². The van der Waals surface area contributed by atoms with E-state index in [0.717, 1.165) is 60.8 Å². The molecule has 1 amide bonds. The first kappa shape index (κ1) is 18.2. The molecule has 29 heavy (non-hydrogen) atoms. The number of amides is 1. The van der Waals surface area contributed by atoms with Gasteiger partial charge in [0.1, 0.15) is 17.3 Å². The van der Waals surface area contributed by atoms with Gasteiger partial charge in [0.05, 0.1) is 6.10 Å². The van der Waals surface area contributed by atoms with Crippen LogP contribution < -0.4 is 19.7 Å². The molecule has 2 aromatic rings. The number of carbonyl (C=O) groups excluding carboxylic acids is 1. The van der Waals surface area contributed by atoms with Crippen molar-refractivity contribution in [3.8, 4) is 11.5 Å². The lowest BCUT2D eigenvalue weighted by Gasteiger charge is -2.34. The Morgan fingerprint density at radius 2 is 2.03 bits per heavy atom. The Bertz CT molecular complexity index is 941. The van der Waals surface area contributed by atoms with Gasteiger partial charge in [0, 0.05) is 38.7 Å². The van der Waals surface area contributed by atoms with Crippen molar-refractivity contribution in [1.29, 1.82) is 0 Å². The Balaban J connectivity index is 1.48. The lowest BCUT2D eigenvalue weighted by Crippen LogP contribution is -2.40. The van der Waals surface area contributed by atoms with E-state index in [1.54, 1.807) is 7.11 Å². The Labute approximate surface area is 169 Å². The van der Waals surface area contributed by atoms with Crippen molar-refractivity contribution in [1.82, 2.24) is 15.3 Å². The zero-order chi connectivity index (χ0) is 19.8. The molecule has 1 aromatic carbocycles. The summed E-state index contributed by atoms with van der Waals surface area (Å²) in [6.07, 6.45) is 3.49. The fraction of sp³-hybridized carbons (Fsp3) is 0.476. The van der Waals surface area contributed by atoms with Crippen LogP contribution in [0.3, 0.4) is 0 Å². The Morgan fingerprint density at radius 3 is 2.86 bits per heavy atom. The average Bonchev–Trinajstić information content (AvgIpc) is 3.22. The predicted molar refractivity (Wildman–Crippen MR) is 106 cm³/mol. The van der Waals surface area contributed by atoms with Crippen LogP contribution in [0.1, 0.15) is 40.3 Å². The van der Waals surface area contributed by atoms with Crippen molar-refractivity contribution >= 4 is 11.7 Å². The molecule has 3 aliphatic rings. The summed E-state index contributed by atoms with van der Waals surface area (Å²) in [4.78, 5) is 24.3. The molecule has 0 unspecified atom stereocenters. The van der Waals surface area contributed by atoms with Gasteiger partial charge in [-0.1, -0.05) is 6.07 Å². The van der Waals surface area contributed by atoms with E-state index in [2.05, 4.69) is 15.2 Å². The molecule has 8 heteroatoms. The summed E-state index contributed by atoms with van der Waals surface area (Å²) in [5.74, 6) is 2.91. The van der Waals surface area contributed by atoms with E-state index in [4.69, 9.17) is 19.2 Å². The number of fused-ring (bicyclic) bond motifs is 2. The first-order chi connectivity index (χ1) is 14.2. The number of aromatic nitrogens is 2. The Kier molecular flexibility index (Phi) is 4.71. The summed E-state index contributed by atoms with van der Waals surface area (Å²) >= 11 is 0. The van der Waals surface area contributed by atoms with Crippen LogP contribution >= 0.6 is 0 Å². The molecule has 0 bridgehead atoms. The van der Waals surface area contributed by atoms with Gasteiger partial charge in [-0.05, 0) is 37.0 Å². The number of piperidine rings is 1. The third-order valence-electron chi connectivity index (χ3n) is 5.78. The summed E-state index contributed by atoms with van der Waals surface area (Å²) in [6, 6.07) is 5.84. The maximum absolute atomic E-state index is 12.5. The molecular formula is C21H24N4O4. The molecule has 1 aromatic heterocycles. The zero-order valence-corrected chi connectivity index (χ0v) is 16.4. The molecule has 1 saturated heterocycles. The summed E-state index contributed by atoms with van der Waals surface area (Å²) in [7, 11) is 1.76. The van der Waals surface area contributed by atoms with Crippen LogP contribution in [0.2, 0.25) is 0 Å². The van der Waals surface area contributed by atoms with Gasteiger partial charge in [0.2, 0.25) is 6.79 Å². The number of hydrogen-bond acceptors (Lipinski definition) is 7. The summed E-state index contributed by atoms with van der Waals surface area (Å²) < 4.78 is 16.4. The zero-order valence-electron chi connectivity index (χ0n) is 16.4. The fourth-order valence-electron chi connectivity index (χ4n) is 4.20. The van der Waals surface area contributed by atoms with Crippen LogP contribution in [-0.4, -0.2) is 55.5 Å². The van der Waals surface area contributed by atoms with Crippen LogP contribution in [0.4, 0.5) is 5.82 Å². The molecule has 1 N–H and O–H groups in total. The highest BCUT2D eigenvalue weighted by Gasteiger charge is 2.28. The highest BCUT2D eigenvalue weighted by molar-refractivity contribution is 5.96. The van der Waals surface area contributed by atoms with Crippen LogP contribution in [0.25, 0.3) is 0 Å². The quantitative estimate of drug-likeness (QED) is 0.842. The smallest absolute Gasteiger partial charge is 0.270 e. The largest absolute Gasteiger partial charge is 0.454 e. The molecular weight excluding hydrogens is 372 g/mol. The molecule has 3 aliphatic heterocycles. The van der Waals surface area contributed by atoms with Crippen molar-refractivity contribution in [3.63, 3.8) is 0 Å². The van der Waals surface area contributed by atoms with E-state index in [1.807, 2.05) is 18.2 Å². The number of ether oxygens (including phenoxy) is 3. The van der Waals surface area contributed by atoms with Crippen molar-refractivity contribution in [2.75, 3.05) is 38.4 Å². The molecule has 0 atom stereocenters. The van der Waals surface area contributed by atoms with Crippen molar-refractivity contribution in [3.05, 3.63) is 40.8 Å². The minimum absolute atomic E-state index is 0.117. The van der Waals surface area contributed by atoms with Crippen LogP contribution in [0.15, 0.2) is 18.2 Å². The van der Waals surface area contributed by atoms with Gasteiger partial charge in [-0.15, -0.1) is 0 Å². The highest BCUT2D eigenvalue weighted by Crippen LogP contribution is 2.33. The summed E-state index contributed by atoms with van der Waals surface area (Å²) in [6.45, 7) is 2.61. The Hall–Kier alpha value is -2.87. The number of anilines is 1. The van der Waals surface area contributed by atoms with Crippen molar-refractivity contribution in [2.45, 2.75) is 31.8 Å². The summed E-state index contributed by atoms with van der Waals surface area (Å²) in [5, 5.41) is 2.91. The highest BCUT2D eigenvalue weighted by atomic mass is 16.7. The maximum Gasteiger partial charge on any atom is 0.270 e. The lowest BCUT2D eigenvalue weighted by molar-refractivity contribution is 0.0817. The number of nitrogens with zero attached hydrogens (tertiary/aromatic N) is 3. The number of methoxy groups -OCH3 is 1. The fourth-order valence-corrected chi connectivity index (χ4v) is 4.20. The van der Waals surface area contributed by atoms with Gasteiger partial charge in [-0.2, -0.15) is 0 Å². The first-order valence-electron chi connectivity index (χ1n) is 10.1. The molecule has 1 fully saturated rings. The van der Waals surface area contributed by atoms with Crippen LogP contribution in [-0.2, 0) is 17.6 Å². The number of hydrogen-bond donors (Lipinski definition) is 1. The molecule has 0 radical (unpaired) electrons.